The first-order chi connectivity index (χ1) is 11.8. The van der Waals surface area contributed by atoms with Crippen LogP contribution in [-0.4, -0.2) is 28.4 Å². The second-order valence-electron chi connectivity index (χ2n) is 7.12. The summed E-state index contributed by atoms with van der Waals surface area (Å²) in [6.07, 6.45) is 2.59. The number of ether oxygens (including phenoxy) is 1. The molecular weight excluding hydrogens is 318 g/mol. The van der Waals surface area contributed by atoms with Gasteiger partial charge in [-0.1, -0.05) is 35.0 Å². The van der Waals surface area contributed by atoms with E-state index < -0.39 is 11.7 Å². The van der Waals surface area contributed by atoms with Crippen molar-refractivity contribution < 1.29 is 14.1 Å². The van der Waals surface area contributed by atoms with Crippen LogP contribution in [0, 0.1) is 6.92 Å². The van der Waals surface area contributed by atoms with E-state index >= 15 is 0 Å². The van der Waals surface area contributed by atoms with E-state index in [0.717, 1.165) is 25.1 Å². The summed E-state index contributed by atoms with van der Waals surface area (Å²) in [6.45, 7) is 8.10. The fraction of sp³-hybridized carbons (Fsp3) is 0.526. The molecule has 6 heteroatoms. The van der Waals surface area contributed by atoms with Crippen molar-refractivity contribution in [3.05, 3.63) is 47.1 Å². The second-order valence-corrected chi connectivity index (χ2v) is 7.12. The first kappa shape index (κ1) is 19.0. The predicted molar refractivity (Wildman–Crippen MR) is 95.4 cm³/mol. The van der Waals surface area contributed by atoms with E-state index in [9.17, 15) is 4.79 Å². The molecule has 0 atom stereocenters. The maximum absolute atomic E-state index is 11.5. The number of hydrogen-bond donors (Lipinski definition) is 1. The van der Waals surface area contributed by atoms with E-state index in [4.69, 9.17) is 9.26 Å². The van der Waals surface area contributed by atoms with Crippen LogP contribution in [0.25, 0.3) is 0 Å². The van der Waals surface area contributed by atoms with Crippen LogP contribution >= 0.6 is 0 Å². The van der Waals surface area contributed by atoms with Gasteiger partial charge >= 0.3 is 6.09 Å². The first-order valence-electron chi connectivity index (χ1n) is 8.66. The SMILES string of the molecule is Cc1ccc(CCc2noc(CCCNC(=O)OC(C)(C)C)n2)cc1. The van der Waals surface area contributed by atoms with Crippen LogP contribution in [0.2, 0.25) is 0 Å². The molecule has 6 nitrogen and oxygen atoms in total. The lowest BCUT2D eigenvalue weighted by atomic mass is 10.1. The molecule has 0 saturated heterocycles. The number of carbonyl (C=O) groups is 1. The zero-order chi connectivity index (χ0) is 18.3. The quantitative estimate of drug-likeness (QED) is 0.776. The molecule has 0 fully saturated rings. The number of amides is 1. The highest BCUT2D eigenvalue weighted by Crippen LogP contribution is 2.09. The average Bonchev–Trinajstić information content (AvgIpc) is 2.97. The molecule has 0 bridgehead atoms. The minimum Gasteiger partial charge on any atom is -0.444 e. The zero-order valence-corrected chi connectivity index (χ0v) is 15.5. The highest BCUT2D eigenvalue weighted by molar-refractivity contribution is 5.67. The van der Waals surface area contributed by atoms with Crippen LogP contribution in [-0.2, 0) is 24.0 Å². The minimum absolute atomic E-state index is 0.406. The van der Waals surface area contributed by atoms with Crippen LogP contribution in [0.1, 0.15) is 50.0 Å². The maximum atomic E-state index is 11.5. The van der Waals surface area contributed by atoms with Gasteiger partial charge in [-0.05, 0) is 46.1 Å². The summed E-state index contributed by atoms with van der Waals surface area (Å²) in [5.41, 5.74) is 2.03. The normalized spacial score (nSPS) is 11.4. The number of carbonyl (C=O) groups excluding carboxylic acids is 1. The van der Waals surface area contributed by atoms with Crippen LogP contribution in [0.5, 0.6) is 0 Å². The van der Waals surface area contributed by atoms with Crippen molar-refractivity contribution in [1.29, 1.82) is 0 Å². The summed E-state index contributed by atoms with van der Waals surface area (Å²) >= 11 is 0. The fourth-order valence-corrected chi connectivity index (χ4v) is 2.25. The van der Waals surface area contributed by atoms with Crippen molar-refractivity contribution in [1.82, 2.24) is 15.5 Å². The van der Waals surface area contributed by atoms with Crippen molar-refractivity contribution in [3.8, 4) is 0 Å². The van der Waals surface area contributed by atoms with Gasteiger partial charge in [0.1, 0.15) is 5.60 Å². The molecule has 0 aliphatic carbocycles. The third-order valence-electron chi connectivity index (χ3n) is 3.50. The van der Waals surface area contributed by atoms with Gasteiger partial charge in [0.25, 0.3) is 0 Å². The summed E-state index contributed by atoms with van der Waals surface area (Å²) in [5, 5.41) is 6.73. The number of rotatable bonds is 7. The van der Waals surface area contributed by atoms with Gasteiger partial charge in [-0.3, -0.25) is 0 Å². The fourth-order valence-electron chi connectivity index (χ4n) is 2.25. The minimum atomic E-state index is -0.483. The number of nitrogens with one attached hydrogen (secondary N) is 1. The second kappa shape index (κ2) is 8.65. The molecule has 2 rings (SSSR count). The summed E-state index contributed by atoms with van der Waals surface area (Å²) in [7, 11) is 0. The van der Waals surface area contributed by atoms with Gasteiger partial charge < -0.3 is 14.6 Å². The Morgan fingerprint density at radius 2 is 1.88 bits per heavy atom. The zero-order valence-electron chi connectivity index (χ0n) is 15.5. The van der Waals surface area contributed by atoms with Gasteiger partial charge in [-0.15, -0.1) is 0 Å². The lowest BCUT2D eigenvalue weighted by molar-refractivity contribution is 0.0527. The van der Waals surface area contributed by atoms with Crippen LogP contribution < -0.4 is 5.32 Å². The Morgan fingerprint density at radius 3 is 2.56 bits per heavy atom. The molecule has 0 spiro atoms. The van der Waals surface area contributed by atoms with E-state index in [2.05, 4.69) is 46.6 Å². The van der Waals surface area contributed by atoms with Gasteiger partial charge in [-0.25, -0.2) is 4.79 Å². The number of benzene rings is 1. The topological polar surface area (TPSA) is 77.2 Å². The Bertz CT molecular complexity index is 672. The Hall–Kier alpha value is -2.37. The van der Waals surface area contributed by atoms with Crippen molar-refractivity contribution in [2.45, 2.75) is 59.0 Å². The Balaban J connectivity index is 1.67. The van der Waals surface area contributed by atoms with E-state index in [0.29, 0.717) is 18.9 Å². The van der Waals surface area contributed by atoms with Gasteiger partial charge in [0, 0.05) is 19.4 Å². The van der Waals surface area contributed by atoms with Crippen LogP contribution in [0.4, 0.5) is 4.79 Å². The van der Waals surface area contributed by atoms with Gasteiger partial charge in [0.2, 0.25) is 5.89 Å². The van der Waals surface area contributed by atoms with Crippen molar-refractivity contribution in [2.75, 3.05) is 6.54 Å². The van der Waals surface area contributed by atoms with Crippen LogP contribution in [0.15, 0.2) is 28.8 Å². The molecule has 0 unspecified atom stereocenters. The third-order valence-corrected chi connectivity index (χ3v) is 3.50. The molecule has 1 N–H and O–H groups in total. The molecule has 0 aliphatic rings. The molecule has 25 heavy (non-hydrogen) atoms. The molecule has 0 aliphatic heterocycles. The molecule has 0 radical (unpaired) electrons. The predicted octanol–water partition coefficient (Wildman–Crippen LogP) is 3.62. The molecule has 1 heterocycles. The van der Waals surface area contributed by atoms with Gasteiger partial charge in [0.15, 0.2) is 5.82 Å². The smallest absolute Gasteiger partial charge is 0.407 e. The van der Waals surface area contributed by atoms with E-state index in [1.165, 1.54) is 11.1 Å². The summed E-state index contributed by atoms with van der Waals surface area (Å²) < 4.78 is 10.4. The highest BCUT2D eigenvalue weighted by atomic mass is 16.6. The summed E-state index contributed by atoms with van der Waals surface area (Å²) in [6, 6.07) is 8.46. The molecule has 1 aromatic carbocycles. The monoisotopic (exact) mass is 345 g/mol. The number of hydrogen-bond acceptors (Lipinski definition) is 5. The summed E-state index contributed by atoms with van der Waals surface area (Å²) in [5.74, 6) is 1.32. The maximum Gasteiger partial charge on any atom is 0.407 e. The number of aryl methyl sites for hydroxylation is 4. The molecule has 1 amide bonds. The number of nitrogens with zero attached hydrogens (tertiary/aromatic N) is 2. The Kier molecular flexibility index (Phi) is 6.56. The Morgan fingerprint density at radius 1 is 1.16 bits per heavy atom. The Labute approximate surface area is 149 Å². The summed E-state index contributed by atoms with van der Waals surface area (Å²) in [4.78, 5) is 15.9. The molecule has 0 saturated carbocycles. The molecular formula is C19H27N3O3. The molecule has 136 valence electrons. The lowest BCUT2D eigenvalue weighted by Gasteiger charge is -2.19. The van der Waals surface area contributed by atoms with Gasteiger partial charge in [-0.2, -0.15) is 4.98 Å². The van der Waals surface area contributed by atoms with Crippen molar-refractivity contribution in [3.63, 3.8) is 0 Å². The van der Waals surface area contributed by atoms with Crippen molar-refractivity contribution >= 4 is 6.09 Å². The highest BCUT2D eigenvalue weighted by Gasteiger charge is 2.15. The average molecular weight is 345 g/mol. The lowest BCUT2D eigenvalue weighted by Crippen LogP contribution is -2.33. The van der Waals surface area contributed by atoms with Gasteiger partial charge in [0.05, 0.1) is 0 Å². The van der Waals surface area contributed by atoms with E-state index in [-0.39, 0.29) is 0 Å². The van der Waals surface area contributed by atoms with Crippen molar-refractivity contribution in [2.24, 2.45) is 0 Å². The standard InChI is InChI=1S/C19H27N3O3/c1-14-7-9-15(10-8-14)11-12-16-21-17(25-22-16)6-5-13-20-18(23)24-19(2,3)4/h7-10H,5-6,11-13H2,1-4H3,(H,20,23). The van der Waals surface area contributed by atoms with E-state index in [1.54, 1.807) is 0 Å². The first-order valence-corrected chi connectivity index (χ1v) is 8.66. The van der Waals surface area contributed by atoms with E-state index in [1.807, 2.05) is 20.8 Å². The molecule has 2 aromatic rings. The molecule has 1 aromatic heterocycles. The third kappa shape index (κ3) is 7.37. The van der Waals surface area contributed by atoms with Crippen LogP contribution in [0.3, 0.4) is 0 Å². The number of aromatic nitrogens is 2. The largest absolute Gasteiger partial charge is 0.444 e. The number of alkyl carbamates (subject to hydrolysis) is 1.